The Labute approximate surface area is 111 Å². The summed E-state index contributed by atoms with van der Waals surface area (Å²) in [5.74, 6) is -2.10. The lowest BCUT2D eigenvalue weighted by Crippen LogP contribution is -2.05. The van der Waals surface area contributed by atoms with Crippen molar-refractivity contribution in [2.45, 2.75) is 0 Å². The Morgan fingerprint density at radius 3 is 2.50 bits per heavy atom. The first kappa shape index (κ1) is 12.3. The molecule has 100 valence electrons. The van der Waals surface area contributed by atoms with Gasteiger partial charge in [0.2, 0.25) is 5.89 Å². The van der Waals surface area contributed by atoms with Crippen molar-refractivity contribution in [3.05, 3.63) is 58.5 Å². The lowest BCUT2D eigenvalue weighted by atomic mass is 10.2. The normalized spacial score (nSPS) is 10.9. The van der Waals surface area contributed by atoms with Crippen molar-refractivity contribution in [1.82, 2.24) is 4.98 Å². The van der Waals surface area contributed by atoms with E-state index in [0.29, 0.717) is 5.69 Å². The van der Waals surface area contributed by atoms with Crippen molar-refractivity contribution < 1.29 is 13.2 Å². The van der Waals surface area contributed by atoms with E-state index in [9.17, 15) is 13.6 Å². The van der Waals surface area contributed by atoms with Crippen LogP contribution in [-0.4, -0.2) is 4.98 Å². The van der Waals surface area contributed by atoms with Gasteiger partial charge in [0.15, 0.2) is 0 Å². The van der Waals surface area contributed by atoms with Crippen molar-refractivity contribution in [2.75, 3.05) is 5.73 Å². The zero-order valence-corrected chi connectivity index (χ0v) is 10.1. The van der Waals surface area contributed by atoms with Crippen LogP contribution in [0.15, 0.2) is 45.6 Å². The van der Waals surface area contributed by atoms with E-state index in [-0.39, 0.29) is 10.9 Å². The molecule has 0 bridgehead atoms. The molecule has 0 atom stereocenters. The highest BCUT2D eigenvalue weighted by molar-refractivity contribution is 5.81. The molecule has 0 aliphatic carbocycles. The quantitative estimate of drug-likeness (QED) is 0.693. The van der Waals surface area contributed by atoms with Crippen molar-refractivity contribution in [3.63, 3.8) is 0 Å². The Hall–Kier alpha value is -2.76. The monoisotopic (exact) mass is 274 g/mol. The third-order valence-corrected chi connectivity index (χ3v) is 2.83. The van der Waals surface area contributed by atoms with Crippen LogP contribution in [0.25, 0.3) is 22.4 Å². The maximum atomic E-state index is 13.7. The molecular formula is C14H8F2N2O2. The fourth-order valence-electron chi connectivity index (χ4n) is 1.90. The number of nitrogens with zero attached hydrogens (tertiary/aromatic N) is 1. The summed E-state index contributed by atoms with van der Waals surface area (Å²) in [5, 5.41) is 0.158. The van der Waals surface area contributed by atoms with Crippen LogP contribution in [0, 0.1) is 11.6 Å². The van der Waals surface area contributed by atoms with Gasteiger partial charge in [0.05, 0.1) is 10.9 Å². The van der Waals surface area contributed by atoms with Gasteiger partial charge >= 0.3 is 5.63 Å². The number of nitrogen functional groups attached to an aromatic ring is 1. The highest BCUT2D eigenvalue weighted by atomic mass is 19.1. The van der Waals surface area contributed by atoms with Gasteiger partial charge in [-0.2, -0.15) is 0 Å². The van der Waals surface area contributed by atoms with Gasteiger partial charge in [-0.3, -0.25) is 0 Å². The summed E-state index contributed by atoms with van der Waals surface area (Å²) >= 11 is 0. The predicted octanol–water partition coefficient (Wildman–Crippen LogP) is 2.72. The van der Waals surface area contributed by atoms with Crippen LogP contribution >= 0.6 is 0 Å². The topological polar surface area (TPSA) is 69.1 Å². The molecule has 4 nitrogen and oxygen atoms in total. The van der Waals surface area contributed by atoms with Gasteiger partial charge in [-0.15, -0.1) is 0 Å². The number of fused-ring (bicyclic) bond motifs is 1. The van der Waals surface area contributed by atoms with E-state index in [1.807, 2.05) is 0 Å². The smallest absolute Gasteiger partial charge is 0.347 e. The third-order valence-electron chi connectivity index (χ3n) is 2.83. The summed E-state index contributed by atoms with van der Waals surface area (Å²) in [5.41, 5.74) is 4.97. The average molecular weight is 274 g/mol. The molecule has 0 radical (unpaired) electrons. The molecule has 20 heavy (non-hydrogen) atoms. The standard InChI is InChI=1S/C14H8F2N2O2/c15-9-2-1-3-10(16)12(9)13-18-11-5-4-7(17)6-8(11)14(19)20-13/h1-6H,17H2. The zero-order chi connectivity index (χ0) is 14.3. The molecule has 0 saturated heterocycles. The molecule has 0 aliphatic heterocycles. The van der Waals surface area contributed by atoms with E-state index in [0.717, 1.165) is 12.1 Å². The first-order chi connectivity index (χ1) is 9.56. The van der Waals surface area contributed by atoms with E-state index < -0.39 is 28.7 Å². The van der Waals surface area contributed by atoms with Crippen LogP contribution in [-0.2, 0) is 0 Å². The van der Waals surface area contributed by atoms with E-state index in [1.54, 1.807) is 0 Å². The molecule has 3 aromatic rings. The van der Waals surface area contributed by atoms with E-state index in [2.05, 4.69) is 4.98 Å². The molecule has 6 heteroatoms. The number of nitrogens with two attached hydrogens (primary N) is 1. The van der Waals surface area contributed by atoms with Gasteiger partial charge in [0.1, 0.15) is 17.2 Å². The van der Waals surface area contributed by atoms with Crippen molar-refractivity contribution in [1.29, 1.82) is 0 Å². The molecular weight excluding hydrogens is 266 g/mol. The highest BCUT2D eigenvalue weighted by Crippen LogP contribution is 2.25. The van der Waals surface area contributed by atoms with Crippen molar-refractivity contribution >= 4 is 16.6 Å². The van der Waals surface area contributed by atoms with Crippen LogP contribution < -0.4 is 11.4 Å². The number of benzene rings is 2. The minimum atomic E-state index is -0.851. The number of anilines is 1. The SMILES string of the molecule is Nc1ccc2nc(-c3c(F)cccc3F)oc(=O)c2c1. The van der Waals surface area contributed by atoms with E-state index in [4.69, 9.17) is 10.2 Å². The number of rotatable bonds is 1. The Kier molecular flexibility index (Phi) is 2.71. The maximum Gasteiger partial charge on any atom is 0.347 e. The second-order valence-corrected chi connectivity index (χ2v) is 4.18. The number of halogens is 2. The van der Waals surface area contributed by atoms with Crippen LogP contribution in [0.3, 0.4) is 0 Å². The molecule has 0 amide bonds. The van der Waals surface area contributed by atoms with E-state index >= 15 is 0 Å². The van der Waals surface area contributed by atoms with Crippen molar-refractivity contribution in [2.24, 2.45) is 0 Å². The highest BCUT2D eigenvalue weighted by Gasteiger charge is 2.17. The molecule has 0 fully saturated rings. The molecule has 0 spiro atoms. The molecule has 3 rings (SSSR count). The van der Waals surface area contributed by atoms with E-state index in [1.165, 1.54) is 24.3 Å². The minimum Gasteiger partial charge on any atom is -0.403 e. The Morgan fingerprint density at radius 2 is 1.80 bits per heavy atom. The van der Waals surface area contributed by atoms with Gasteiger partial charge in [-0.05, 0) is 30.3 Å². The van der Waals surface area contributed by atoms with Gasteiger partial charge in [0, 0.05) is 5.69 Å². The van der Waals surface area contributed by atoms with Crippen LogP contribution in [0.4, 0.5) is 14.5 Å². The maximum absolute atomic E-state index is 13.7. The summed E-state index contributed by atoms with van der Waals surface area (Å²) in [6.45, 7) is 0. The fourth-order valence-corrected chi connectivity index (χ4v) is 1.90. The molecule has 0 aliphatic rings. The van der Waals surface area contributed by atoms with Crippen LogP contribution in [0.2, 0.25) is 0 Å². The zero-order valence-electron chi connectivity index (χ0n) is 10.1. The fraction of sp³-hybridized carbons (Fsp3) is 0. The summed E-state index contributed by atoms with van der Waals surface area (Å²) < 4.78 is 32.2. The Balaban J connectivity index is 2.34. The summed E-state index contributed by atoms with van der Waals surface area (Å²) in [7, 11) is 0. The van der Waals surface area contributed by atoms with Gasteiger partial charge in [-0.25, -0.2) is 18.6 Å². The second-order valence-electron chi connectivity index (χ2n) is 4.18. The first-order valence-electron chi connectivity index (χ1n) is 5.71. The number of hydrogen-bond acceptors (Lipinski definition) is 4. The average Bonchev–Trinajstić information content (AvgIpc) is 2.39. The molecule has 2 N–H and O–H groups in total. The predicted molar refractivity (Wildman–Crippen MR) is 70.0 cm³/mol. The van der Waals surface area contributed by atoms with Gasteiger partial charge in [-0.1, -0.05) is 6.07 Å². The second kappa shape index (κ2) is 4.41. The molecule has 1 aromatic heterocycles. The first-order valence-corrected chi connectivity index (χ1v) is 5.71. The number of aromatic nitrogens is 1. The summed E-state index contributed by atoms with van der Waals surface area (Å²) in [4.78, 5) is 15.8. The third kappa shape index (κ3) is 1.91. The van der Waals surface area contributed by atoms with Crippen LogP contribution in [0.5, 0.6) is 0 Å². The van der Waals surface area contributed by atoms with Crippen molar-refractivity contribution in [3.8, 4) is 11.5 Å². The molecule has 2 aromatic carbocycles. The lowest BCUT2D eigenvalue weighted by Gasteiger charge is -2.04. The largest absolute Gasteiger partial charge is 0.403 e. The van der Waals surface area contributed by atoms with Gasteiger partial charge in [0.25, 0.3) is 0 Å². The molecule has 1 heterocycles. The summed E-state index contributed by atoms with van der Waals surface area (Å²) in [6, 6.07) is 7.77. The molecule has 0 unspecified atom stereocenters. The Morgan fingerprint density at radius 1 is 1.10 bits per heavy atom. The van der Waals surface area contributed by atoms with Crippen LogP contribution in [0.1, 0.15) is 0 Å². The Bertz CT molecular complexity index is 854. The molecule has 0 saturated carbocycles. The lowest BCUT2D eigenvalue weighted by molar-refractivity contribution is 0.501. The minimum absolute atomic E-state index is 0.158. The summed E-state index contributed by atoms with van der Waals surface area (Å²) in [6.07, 6.45) is 0. The number of hydrogen-bond donors (Lipinski definition) is 1. The van der Waals surface area contributed by atoms with Gasteiger partial charge < -0.3 is 10.2 Å².